The summed E-state index contributed by atoms with van der Waals surface area (Å²) in [6.45, 7) is 0. The summed E-state index contributed by atoms with van der Waals surface area (Å²) in [5.74, 6) is 1.35. The van der Waals surface area contributed by atoms with Crippen LogP contribution in [0.4, 0.5) is 0 Å². The average molecular weight is 287 g/mol. The van der Waals surface area contributed by atoms with Crippen LogP contribution in [0.5, 0.6) is 0 Å². The summed E-state index contributed by atoms with van der Waals surface area (Å²) in [5, 5.41) is 0. The zero-order valence-corrected chi connectivity index (χ0v) is 11.6. The molecule has 0 aromatic heterocycles. The second-order valence-electron chi connectivity index (χ2n) is 6.40. The van der Waals surface area contributed by atoms with E-state index in [1.807, 2.05) is 0 Å². The van der Waals surface area contributed by atoms with Gasteiger partial charge >= 0.3 is 5.97 Å². The van der Waals surface area contributed by atoms with Gasteiger partial charge in [0, 0.05) is 5.75 Å². The van der Waals surface area contributed by atoms with Crippen molar-refractivity contribution >= 4 is 16.1 Å². The van der Waals surface area contributed by atoms with E-state index in [0.717, 1.165) is 37.5 Å². The lowest BCUT2D eigenvalue weighted by atomic mass is 9.55. The zero-order valence-electron chi connectivity index (χ0n) is 10.8. The Labute approximate surface area is 113 Å². The molecule has 4 bridgehead atoms. The van der Waals surface area contributed by atoms with Gasteiger partial charge in [-0.15, -0.1) is 0 Å². The lowest BCUT2D eigenvalue weighted by Gasteiger charge is -2.53. The molecule has 0 aliphatic heterocycles. The van der Waals surface area contributed by atoms with Crippen molar-refractivity contribution in [2.75, 3.05) is 5.75 Å². The highest BCUT2D eigenvalue weighted by molar-refractivity contribution is 7.85. The van der Waals surface area contributed by atoms with E-state index in [2.05, 4.69) is 0 Å². The maximum atomic E-state index is 11.7. The summed E-state index contributed by atoms with van der Waals surface area (Å²) >= 11 is 0. The third kappa shape index (κ3) is 2.94. The first-order chi connectivity index (χ1) is 8.90. The van der Waals surface area contributed by atoms with E-state index in [4.69, 9.17) is 4.74 Å². The van der Waals surface area contributed by atoms with Crippen LogP contribution in [-0.2, 0) is 19.6 Å². The molecule has 5 nitrogen and oxygen atoms in total. The quantitative estimate of drug-likeness (QED) is 0.574. The maximum Gasteiger partial charge on any atom is 0.307 e. The van der Waals surface area contributed by atoms with Gasteiger partial charge in [0.15, 0.2) is 0 Å². The largest absolute Gasteiger partial charge is 0.748 e. The van der Waals surface area contributed by atoms with Crippen molar-refractivity contribution in [3.05, 3.63) is 0 Å². The molecule has 108 valence electrons. The zero-order chi connectivity index (χ0) is 13.6. The second-order valence-corrected chi connectivity index (χ2v) is 7.92. The number of carbonyl (C=O) groups excluding carboxylic acids is 1. The molecule has 19 heavy (non-hydrogen) atoms. The van der Waals surface area contributed by atoms with Gasteiger partial charge in [-0.1, -0.05) is 0 Å². The van der Waals surface area contributed by atoms with Gasteiger partial charge in [-0.2, -0.15) is 0 Å². The maximum absolute atomic E-state index is 11.7. The van der Waals surface area contributed by atoms with Crippen LogP contribution in [0.15, 0.2) is 0 Å². The van der Waals surface area contributed by atoms with Crippen molar-refractivity contribution in [2.45, 2.75) is 44.6 Å². The molecule has 4 fully saturated rings. The Hall–Kier alpha value is -0.620. The van der Waals surface area contributed by atoms with E-state index >= 15 is 0 Å². The minimum atomic E-state index is -4.33. The third-order valence-electron chi connectivity index (χ3n) is 4.96. The predicted octanol–water partition coefficient (Wildman–Crippen LogP) is 1.29. The summed E-state index contributed by atoms with van der Waals surface area (Å²) in [5.41, 5.74) is 0. The van der Waals surface area contributed by atoms with Crippen molar-refractivity contribution < 1.29 is 22.5 Å². The molecule has 0 amide bonds. The van der Waals surface area contributed by atoms with Gasteiger partial charge in [-0.25, -0.2) is 8.42 Å². The molecule has 4 saturated carbocycles. The molecule has 6 heteroatoms. The van der Waals surface area contributed by atoms with E-state index in [9.17, 15) is 17.8 Å². The fraction of sp³-hybridized carbons (Fsp3) is 0.923. The van der Waals surface area contributed by atoms with Gasteiger partial charge in [-0.05, 0) is 55.8 Å². The smallest absolute Gasteiger partial charge is 0.307 e. The number of rotatable bonds is 4. The van der Waals surface area contributed by atoms with Gasteiger partial charge in [0.2, 0.25) is 0 Å². The summed E-state index contributed by atoms with van der Waals surface area (Å²) in [6, 6.07) is 0. The summed E-state index contributed by atoms with van der Waals surface area (Å²) in [6.07, 6.45) is 5.57. The highest BCUT2D eigenvalue weighted by Gasteiger charge is 2.49. The van der Waals surface area contributed by atoms with Gasteiger partial charge in [0.1, 0.15) is 6.10 Å². The van der Waals surface area contributed by atoms with Crippen LogP contribution >= 0.6 is 0 Å². The van der Waals surface area contributed by atoms with Crippen molar-refractivity contribution in [3.63, 3.8) is 0 Å². The van der Waals surface area contributed by atoms with E-state index in [0.29, 0.717) is 11.8 Å². The highest BCUT2D eigenvalue weighted by atomic mass is 32.2. The predicted molar refractivity (Wildman–Crippen MR) is 66.1 cm³/mol. The van der Waals surface area contributed by atoms with Gasteiger partial charge in [0.05, 0.1) is 16.5 Å². The van der Waals surface area contributed by atoms with Crippen LogP contribution in [0.1, 0.15) is 38.5 Å². The standard InChI is InChI=1S/C13H20O5S/c14-12(1-2-19(15,16)17)18-13-10-4-8-3-9(6-10)7-11(13)5-8/h8-11,13H,1-7H2,(H,15,16,17)/p-1. The SMILES string of the molecule is O=C(CCS(=O)(=O)[O-])OC1C2CC3CC(C2)CC1C3. The molecule has 4 aliphatic rings. The number of ether oxygens (including phenoxy) is 1. The third-order valence-corrected chi connectivity index (χ3v) is 5.67. The first kappa shape index (κ1) is 13.4. The molecule has 0 N–H and O–H groups in total. The van der Waals surface area contributed by atoms with Crippen LogP contribution in [0.2, 0.25) is 0 Å². The van der Waals surface area contributed by atoms with E-state index in [1.54, 1.807) is 0 Å². The number of hydrogen-bond acceptors (Lipinski definition) is 5. The fourth-order valence-electron chi connectivity index (χ4n) is 4.49. The van der Waals surface area contributed by atoms with Crippen molar-refractivity contribution in [3.8, 4) is 0 Å². The molecule has 0 radical (unpaired) electrons. The molecule has 0 saturated heterocycles. The fourth-order valence-corrected chi connectivity index (χ4v) is 4.90. The molecule has 0 aromatic rings. The van der Waals surface area contributed by atoms with Crippen molar-refractivity contribution in [1.82, 2.24) is 0 Å². The van der Waals surface area contributed by atoms with Crippen LogP contribution in [0, 0.1) is 23.7 Å². The summed E-state index contributed by atoms with van der Waals surface area (Å²) < 4.78 is 37.0. The Kier molecular flexibility index (Phi) is 3.33. The van der Waals surface area contributed by atoms with Gasteiger partial charge in [-0.3, -0.25) is 4.79 Å². The molecule has 0 heterocycles. The lowest BCUT2D eigenvalue weighted by molar-refractivity contribution is -0.170. The molecular formula is C13H19O5S-. The molecule has 4 aliphatic carbocycles. The van der Waals surface area contributed by atoms with Crippen molar-refractivity contribution in [2.24, 2.45) is 23.7 Å². The summed E-state index contributed by atoms with van der Waals surface area (Å²) in [4.78, 5) is 11.7. The highest BCUT2D eigenvalue weighted by Crippen LogP contribution is 2.54. The molecule has 0 unspecified atom stereocenters. The van der Waals surface area contributed by atoms with Crippen LogP contribution in [0.3, 0.4) is 0 Å². The monoisotopic (exact) mass is 287 g/mol. The number of esters is 1. The van der Waals surface area contributed by atoms with Gasteiger partial charge < -0.3 is 9.29 Å². The Bertz CT molecular complexity index is 441. The molecular weight excluding hydrogens is 268 g/mol. The first-order valence-electron chi connectivity index (χ1n) is 7.04. The molecule has 4 rings (SSSR count). The first-order valence-corrected chi connectivity index (χ1v) is 8.61. The van der Waals surface area contributed by atoms with E-state index < -0.39 is 21.8 Å². The Morgan fingerprint density at radius 1 is 1.05 bits per heavy atom. The number of carbonyl (C=O) groups is 1. The topological polar surface area (TPSA) is 83.5 Å². The molecule has 0 atom stereocenters. The minimum Gasteiger partial charge on any atom is -0.748 e. The molecule has 0 aromatic carbocycles. The second kappa shape index (κ2) is 4.74. The normalized spacial score (nSPS) is 40.4. The number of hydrogen-bond donors (Lipinski definition) is 0. The van der Waals surface area contributed by atoms with Crippen LogP contribution in [-0.4, -0.2) is 30.8 Å². The van der Waals surface area contributed by atoms with E-state index in [1.165, 1.54) is 6.42 Å². The Morgan fingerprint density at radius 3 is 2.05 bits per heavy atom. The van der Waals surface area contributed by atoms with Crippen molar-refractivity contribution in [1.29, 1.82) is 0 Å². The Balaban J connectivity index is 1.57. The summed E-state index contributed by atoms with van der Waals surface area (Å²) in [7, 11) is -4.33. The Morgan fingerprint density at radius 2 is 1.58 bits per heavy atom. The van der Waals surface area contributed by atoms with Gasteiger partial charge in [0.25, 0.3) is 0 Å². The lowest BCUT2D eigenvalue weighted by Crippen LogP contribution is -2.50. The van der Waals surface area contributed by atoms with E-state index in [-0.39, 0.29) is 12.5 Å². The minimum absolute atomic E-state index is 0.0327. The van der Waals surface area contributed by atoms with Crippen LogP contribution < -0.4 is 0 Å². The van der Waals surface area contributed by atoms with Crippen LogP contribution in [0.25, 0.3) is 0 Å². The average Bonchev–Trinajstić information content (AvgIpc) is 2.29. The molecule has 0 spiro atoms.